The second-order valence-corrected chi connectivity index (χ2v) is 7.39. The van der Waals surface area contributed by atoms with Gasteiger partial charge >= 0.3 is 0 Å². The lowest BCUT2D eigenvalue weighted by molar-refractivity contribution is 0.0946. The molecule has 0 saturated heterocycles. The molecular weight excluding hydrogens is 298 g/mol. The lowest BCUT2D eigenvalue weighted by Gasteiger charge is -2.18. The molecule has 108 valence electrons. The Morgan fingerprint density at radius 1 is 1.25 bits per heavy atom. The van der Waals surface area contributed by atoms with Crippen LogP contribution in [0.1, 0.15) is 29.6 Å². The first-order valence-corrected chi connectivity index (χ1v) is 8.75. The number of hydrogen-bond acceptors (Lipinski definition) is 3. The number of carbonyl (C=O) groups is 1. The zero-order valence-corrected chi connectivity index (χ0v) is 12.5. The van der Waals surface area contributed by atoms with Gasteiger partial charge in [-0.1, -0.05) is 12.2 Å². The Kier molecular flexibility index (Phi) is 4.83. The highest BCUT2D eigenvalue weighted by Crippen LogP contribution is 2.18. The van der Waals surface area contributed by atoms with E-state index in [4.69, 9.17) is 10.7 Å². The van der Waals surface area contributed by atoms with Crippen LogP contribution in [0.15, 0.2) is 41.3 Å². The number of halogens is 1. The van der Waals surface area contributed by atoms with Crippen LogP contribution in [0.25, 0.3) is 0 Å². The fraction of sp³-hybridized carbons (Fsp3) is 0.357. The summed E-state index contributed by atoms with van der Waals surface area (Å²) in [5.41, 5.74) is 0.431. The smallest absolute Gasteiger partial charge is 0.261 e. The van der Waals surface area contributed by atoms with Gasteiger partial charge in [0.05, 0.1) is 4.90 Å². The normalized spacial score (nSPS) is 18.8. The number of hydrogen-bond donors (Lipinski definition) is 1. The van der Waals surface area contributed by atoms with Gasteiger partial charge in [0.25, 0.3) is 15.0 Å². The third-order valence-electron chi connectivity index (χ3n) is 3.33. The van der Waals surface area contributed by atoms with E-state index in [2.05, 4.69) is 17.5 Å². The zero-order chi connectivity index (χ0) is 14.6. The molecule has 1 aliphatic rings. The van der Waals surface area contributed by atoms with Gasteiger partial charge in [-0.25, -0.2) is 8.42 Å². The first-order chi connectivity index (χ1) is 9.47. The molecular formula is C14H16ClNO3S. The number of allylic oxidation sites excluding steroid dienone is 2. The number of benzene rings is 1. The lowest BCUT2D eigenvalue weighted by Crippen LogP contribution is -2.29. The Balaban J connectivity index is 1.94. The molecule has 1 aromatic carbocycles. The highest BCUT2D eigenvalue weighted by Gasteiger charge is 2.14. The number of carbonyl (C=O) groups excluding carboxylic acids is 1. The topological polar surface area (TPSA) is 63.2 Å². The molecule has 2 rings (SSSR count). The molecule has 1 unspecified atom stereocenters. The van der Waals surface area contributed by atoms with Crippen molar-refractivity contribution in [2.45, 2.75) is 24.2 Å². The van der Waals surface area contributed by atoms with Gasteiger partial charge in [0.1, 0.15) is 0 Å². The minimum Gasteiger partial charge on any atom is -0.352 e. The van der Waals surface area contributed by atoms with E-state index in [1.165, 1.54) is 24.3 Å². The molecule has 0 aromatic heterocycles. The molecule has 1 amide bonds. The Morgan fingerprint density at radius 2 is 1.95 bits per heavy atom. The third kappa shape index (κ3) is 4.08. The van der Waals surface area contributed by atoms with Crippen molar-refractivity contribution >= 4 is 25.6 Å². The van der Waals surface area contributed by atoms with Crippen molar-refractivity contribution in [3.05, 3.63) is 42.0 Å². The number of nitrogens with one attached hydrogen (secondary N) is 1. The van der Waals surface area contributed by atoms with Gasteiger partial charge in [-0.3, -0.25) is 4.79 Å². The molecule has 0 fully saturated rings. The minimum absolute atomic E-state index is 0.00636. The van der Waals surface area contributed by atoms with Gasteiger partial charge in [0, 0.05) is 22.8 Å². The maximum atomic E-state index is 11.9. The fourth-order valence-electron chi connectivity index (χ4n) is 2.15. The van der Waals surface area contributed by atoms with E-state index in [1.807, 2.05) is 0 Å². The summed E-state index contributed by atoms with van der Waals surface area (Å²) in [7, 11) is 1.48. The molecule has 0 bridgehead atoms. The summed E-state index contributed by atoms with van der Waals surface area (Å²) >= 11 is 0. The second-order valence-electron chi connectivity index (χ2n) is 4.82. The van der Waals surface area contributed by atoms with Crippen molar-refractivity contribution in [3.63, 3.8) is 0 Å². The van der Waals surface area contributed by atoms with Crippen LogP contribution in [0.4, 0.5) is 0 Å². The van der Waals surface area contributed by atoms with E-state index >= 15 is 0 Å². The summed E-state index contributed by atoms with van der Waals surface area (Å²) in [6, 6.07) is 5.60. The van der Waals surface area contributed by atoms with E-state index in [-0.39, 0.29) is 10.8 Å². The highest BCUT2D eigenvalue weighted by molar-refractivity contribution is 8.13. The molecule has 0 saturated carbocycles. The first kappa shape index (κ1) is 15.1. The summed E-state index contributed by atoms with van der Waals surface area (Å²) in [5.74, 6) is 0.282. The predicted molar refractivity (Wildman–Crippen MR) is 78.3 cm³/mol. The molecule has 0 radical (unpaired) electrons. The number of amides is 1. The van der Waals surface area contributed by atoms with Crippen molar-refractivity contribution in [1.82, 2.24) is 5.32 Å². The van der Waals surface area contributed by atoms with Crippen LogP contribution < -0.4 is 5.32 Å². The van der Waals surface area contributed by atoms with Crippen LogP contribution in [-0.4, -0.2) is 20.9 Å². The van der Waals surface area contributed by atoms with Gasteiger partial charge in [-0.15, -0.1) is 0 Å². The van der Waals surface area contributed by atoms with E-state index in [0.29, 0.717) is 18.0 Å². The molecule has 20 heavy (non-hydrogen) atoms. The van der Waals surface area contributed by atoms with Crippen molar-refractivity contribution < 1.29 is 13.2 Å². The predicted octanol–water partition coefficient (Wildman–Crippen LogP) is 2.70. The molecule has 0 spiro atoms. The summed E-state index contributed by atoms with van der Waals surface area (Å²) in [5, 5.41) is 2.87. The maximum absolute atomic E-state index is 11.9. The fourth-order valence-corrected chi connectivity index (χ4v) is 2.92. The highest BCUT2D eigenvalue weighted by atomic mass is 35.7. The molecule has 1 aromatic rings. The van der Waals surface area contributed by atoms with Crippen LogP contribution in [0, 0.1) is 5.92 Å². The Labute approximate surface area is 123 Å². The van der Waals surface area contributed by atoms with E-state index in [1.54, 1.807) is 0 Å². The number of rotatable bonds is 4. The Hall–Kier alpha value is -1.33. The Bertz CT molecular complexity index is 608. The van der Waals surface area contributed by atoms with Crippen molar-refractivity contribution in [2.24, 2.45) is 5.92 Å². The van der Waals surface area contributed by atoms with Crippen LogP contribution in [0.5, 0.6) is 0 Å². The minimum atomic E-state index is -3.74. The van der Waals surface area contributed by atoms with Gasteiger partial charge in [-0.2, -0.15) is 0 Å². The quantitative estimate of drug-likeness (QED) is 0.686. The van der Waals surface area contributed by atoms with Crippen molar-refractivity contribution in [2.75, 3.05) is 6.54 Å². The van der Waals surface area contributed by atoms with Gasteiger partial charge in [0.2, 0.25) is 0 Å². The van der Waals surface area contributed by atoms with Gasteiger partial charge < -0.3 is 5.32 Å². The van der Waals surface area contributed by atoms with Crippen LogP contribution in [-0.2, 0) is 9.05 Å². The van der Waals surface area contributed by atoms with Crippen molar-refractivity contribution in [3.8, 4) is 0 Å². The molecule has 4 nitrogen and oxygen atoms in total. The molecule has 0 aliphatic heterocycles. The standard InChI is InChI=1S/C14H16ClNO3S/c15-20(18,19)13-8-6-12(7-9-13)14(17)16-10-11-4-2-1-3-5-11/h1-2,6-9,11H,3-5,10H2,(H,16,17). The summed E-state index contributed by atoms with van der Waals surface area (Å²) in [6.07, 6.45) is 7.43. The van der Waals surface area contributed by atoms with E-state index < -0.39 is 9.05 Å². The van der Waals surface area contributed by atoms with Gasteiger partial charge in [-0.05, 0) is 49.4 Å². The van der Waals surface area contributed by atoms with E-state index in [0.717, 1.165) is 19.3 Å². The largest absolute Gasteiger partial charge is 0.352 e. The first-order valence-electron chi connectivity index (χ1n) is 6.45. The maximum Gasteiger partial charge on any atom is 0.261 e. The average Bonchev–Trinajstić information content (AvgIpc) is 2.45. The van der Waals surface area contributed by atoms with E-state index in [9.17, 15) is 13.2 Å². The summed E-state index contributed by atoms with van der Waals surface area (Å²) < 4.78 is 22.2. The third-order valence-corrected chi connectivity index (χ3v) is 4.70. The zero-order valence-electron chi connectivity index (χ0n) is 10.9. The average molecular weight is 314 g/mol. The van der Waals surface area contributed by atoms with Crippen LogP contribution >= 0.6 is 10.7 Å². The van der Waals surface area contributed by atoms with Crippen LogP contribution in [0.3, 0.4) is 0 Å². The lowest BCUT2D eigenvalue weighted by atomic mass is 9.94. The molecule has 1 aliphatic carbocycles. The molecule has 1 atom stereocenters. The second kappa shape index (κ2) is 6.41. The summed E-state index contributed by atoms with van der Waals surface area (Å²) in [6.45, 7) is 0.638. The molecule has 6 heteroatoms. The van der Waals surface area contributed by atoms with Crippen molar-refractivity contribution in [1.29, 1.82) is 0 Å². The van der Waals surface area contributed by atoms with Gasteiger partial charge in [0.15, 0.2) is 0 Å². The summed E-state index contributed by atoms with van der Waals surface area (Å²) in [4.78, 5) is 11.9. The van der Waals surface area contributed by atoms with Crippen LogP contribution in [0.2, 0.25) is 0 Å². The Morgan fingerprint density at radius 3 is 2.50 bits per heavy atom. The molecule has 0 heterocycles. The molecule has 1 N–H and O–H groups in total. The SMILES string of the molecule is O=C(NCC1CC=CCC1)c1ccc(S(=O)(=O)Cl)cc1. The monoisotopic (exact) mass is 313 g/mol.